The van der Waals surface area contributed by atoms with Crippen LogP contribution in [0.3, 0.4) is 0 Å². The Morgan fingerprint density at radius 1 is 1.36 bits per heavy atom. The Kier molecular flexibility index (Phi) is 2.68. The molecule has 0 radical (unpaired) electrons. The van der Waals surface area contributed by atoms with Gasteiger partial charge in [-0.1, -0.05) is 12.1 Å². The Labute approximate surface area is 91.0 Å². The van der Waals surface area contributed by atoms with Crippen LogP contribution in [0.4, 0.5) is 0 Å². The molecule has 3 heteroatoms. The summed E-state index contributed by atoms with van der Waals surface area (Å²) in [5.74, 6) is 0.880. The Balaban J connectivity index is 2.67. The molecule has 0 aliphatic carbocycles. The van der Waals surface area contributed by atoms with Gasteiger partial charge in [-0.2, -0.15) is 0 Å². The number of aryl methyl sites for hydroxylation is 1. The van der Waals surface area contributed by atoms with Crippen LogP contribution < -0.4 is 4.74 Å². The topological polar surface area (TPSA) is 22.1 Å². The fraction of sp³-hybridized carbons (Fsp3) is 0.182. The zero-order valence-corrected chi connectivity index (χ0v) is 9.41. The smallest absolute Gasteiger partial charge is 0.143 e. The highest BCUT2D eigenvalue weighted by atomic mass is 79.9. The summed E-state index contributed by atoms with van der Waals surface area (Å²) in [4.78, 5) is 4.42. The number of halogens is 1. The number of fused-ring (bicyclic) bond motifs is 1. The molecule has 0 aliphatic heterocycles. The van der Waals surface area contributed by atoms with E-state index in [0.717, 1.165) is 22.3 Å². The number of hydrogen-bond acceptors (Lipinski definition) is 2. The normalized spacial score (nSPS) is 10.4. The van der Waals surface area contributed by atoms with Crippen molar-refractivity contribution >= 4 is 26.8 Å². The van der Waals surface area contributed by atoms with Gasteiger partial charge in [-0.05, 0) is 35.0 Å². The summed E-state index contributed by atoms with van der Waals surface area (Å²) < 4.78 is 5.48. The van der Waals surface area contributed by atoms with Crippen LogP contribution in [-0.4, -0.2) is 10.5 Å². The van der Waals surface area contributed by atoms with E-state index in [9.17, 15) is 0 Å². The first kappa shape index (κ1) is 9.46. The lowest BCUT2D eigenvalue weighted by atomic mass is 10.2. The fourth-order valence-electron chi connectivity index (χ4n) is 1.45. The lowest BCUT2D eigenvalue weighted by molar-refractivity contribution is 0.402. The summed E-state index contributed by atoms with van der Waals surface area (Å²) in [5.41, 5.74) is 2.45. The van der Waals surface area contributed by atoms with Gasteiger partial charge in [0.05, 0.1) is 5.52 Å². The molecule has 0 saturated carbocycles. The van der Waals surface area contributed by atoms with E-state index >= 15 is 0 Å². The maximum absolute atomic E-state index is 5.48. The summed E-state index contributed by atoms with van der Waals surface area (Å²) in [6.45, 7) is 1.97. The molecular weight excluding hydrogens is 242 g/mol. The molecule has 0 N–H and O–H groups in total. The van der Waals surface area contributed by atoms with Gasteiger partial charge in [-0.25, -0.2) is 0 Å². The van der Waals surface area contributed by atoms with Gasteiger partial charge in [0.15, 0.2) is 0 Å². The highest BCUT2D eigenvalue weighted by molar-refractivity contribution is 9.09. The van der Waals surface area contributed by atoms with Crippen molar-refractivity contribution in [3.63, 3.8) is 0 Å². The fourth-order valence-corrected chi connectivity index (χ4v) is 1.69. The van der Waals surface area contributed by atoms with Crippen molar-refractivity contribution < 1.29 is 4.74 Å². The Bertz CT molecular complexity index is 456. The van der Waals surface area contributed by atoms with Gasteiger partial charge in [0, 0.05) is 17.1 Å². The summed E-state index contributed by atoms with van der Waals surface area (Å²) in [6.07, 6.45) is 0. The number of hydrogen-bond donors (Lipinski definition) is 0. The quantitative estimate of drug-likeness (QED) is 0.765. The summed E-state index contributed by atoms with van der Waals surface area (Å²) in [7, 11) is 0. The molecular formula is C11H10BrNO. The largest absolute Gasteiger partial charge is 0.482 e. The van der Waals surface area contributed by atoms with E-state index < -0.39 is 0 Å². The van der Waals surface area contributed by atoms with Gasteiger partial charge in [0.2, 0.25) is 0 Å². The maximum Gasteiger partial charge on any atom is 0.143 e. The summed E-state index contributed by atoms with van der Waals surface area (Å²) in [5, 5.41) is 1.05. The maximum atomic E-state index is 5.48. The molecule has 0 atom stereocenters. The van der Waals surface area contributed by atoms with Crippen molar-refractivity contribution in [1.29, 1.82) is 0 Å². The van der Waals surface area contributed by atoms with Crippen molar-refractivity contribution in [1.82, 2.24) is 4.98 Å². The number of alkyl halides is 1. The van der Waals surface area contributed by atoms with Crippen LogP contribution >= 0.6 is 15.9 Å². The Morgan fingerprint density at radius 2 is 2.14 bits per heavy atom. The molecule has 1 aromatic carbocycles. The van der Waals surface area contributed by atoms with Gasteiger partial charge >= 0.3 is 0 Å². The molecule has 2 nitrogen and oxygen atoms in total. The standard InChI is InChI=1S/C11H10BrNO/c1-8-6-11(14-7-12)9-4-2-3-5-10(9)13-8/h2-6H,7H2,1H3. The first-order valence-electron chi connectivity index (χ1n) is 4.36. The molecule has 0 unspecified atom stereocenters. The molecule has 0 spiro atoms. The second-order valence-electron chi connectivity index (χ2n) is 3.03. The van der Waals surface area contributed by atoms with E-state index in [1.165, 1.54) is 0 Å². The summed E-state index contributed by atoms with van der Waals surface area (Å²) in [6, 6.07) is 9.92. The molecule has 2 aromatic rings. The zero-order chi connectivity index (χ0) is 9.97. The predicted molar refractivity (Wildman–Crippen MR) is 60.9 cm³/mol. The first-order valence-corrected chi connectivity index (χ1v) is 5.48. The third-order valence-corrected chi connectivity index (χ3v) is 2.25. The number of aromatic nitrogens is 1. The number of nitrogens with zero attached hydrogens (tertiary/aromatic N) is 1. The van der Waals surface area contributed by atoms with Gasteiger partial charge in [0.1, 0.15) is 11.3 Å². The molecule has 2 rings (SSSR count). The van der Waals surface area contributed by atoms with Crippen molar-refractivity contribution in [3.05, 3.63) is 36.0 Å². The minimum atomic E-state index is 0.500. The Morgan fingerprint density at radius 3 is 2.93 bits per heavy atom. The van der Waals surface area contributed by atoms with Crippen molar-refractivity contribution in [2.75, 3.05) is 5.52 Å². The molecule has 1 heterocycles. The monoisotopic (exact) mass is 251 g/mol. The first-order chi connectivity index (χ1) is 6.81. The van der Waals surface area contributed by atoms with Crippen molar-refractivity contribution in [3.8, 4) is 5.75 Å². The minimum Gasteiger partial charge on any atom is -0.482 e. The molecule has 0 amide bonds. The van der Waals surface area contributed by atoms with E-state index in [4.69, 9.17) is 4.74 Å². The molecule has 0 fully saturated rings. The highest BCUT2D eigenvalue weighted by Crippen LogP contribution is 2.25. The van der Waals surface area contributed by atoms with Crippen LogP contribution in [0.2, 0.25) is 0 Å². The molecule has 0 bridgehead atoms. The van der Waals surface area contributed by atoms with E-state index in [0.29, 0.717) is 5.52 Å². The second kappa shape index (κ2) is 3.96. The highest BCUT2D eigenvalue weighted by Gasteiger charge is 2.03. The third-order valence-electron chi connectivity index (χ3n) is 2.02. The number of benzene rings is 1. The molecule has 14 heavy (non-hydrogen) atoms. The second-order valence-corrected chi connectivity index (χ2v) is 3.49. The van der Waals surface area contributed by atoms with E-state index in [2.05, 4.69) is 20.9 Å². The number of para-hydroxylation sites is 1. The van der Waals surface area contributed by atoms with Crippen LogP contribution in [0.1, 0.15) is 5.69 Å². The van der Waals surface area contributed by atoms with Gasteiger partial charge in [-0.15, -0.1) is 0 Å². The van der Waals surface area contributed by atoms with Crippen LogP contribution in [0.25, 0.3) is 10.9 Å². The van der Waals surface area contributed by atoms with Crippen molar-refractivity contribution in [2.45, 2.75) is 6.92 Å². The molecule has 0 saturated heterocycles. The average molecular weight is 252 g/mol. The predicted octanol–water partition coefficient (Wildman–Crippen LogP) is 3.27. The van der Waals surface area contributed by atoms with Gasteiger partial charge in [-0.3, -0.25) is 4.98 Å². The lowest BCUT2D eigenvalue weighted by Crippen LogP contribution is -1.92. The summed E-state index contributed by atoms with van der Waals surface area (Å²) >= 11 is 3.25. The van der Waals surface area contributed by atoms with Crippen LogP contribution in [0.5, 0.6) is 5.75 Å². The Hall–Kier alpha value is -1.09. The van der Waals surface area contributed by atoms with Crippen LogP contribution in [0, 0.1) is 6.92 Å². The van der Waals surface area contributed by atoms with E-state index in [-0.39, 0.29) is 0 Å². The SMILES string of the molecule is Cc1cc(OCBr)c2ccccc2n1. The average Bonchev–Trinajstić information content (AvgIpc) is 2.18. The molecule has 72 valence electrons. The minimum absolute atomic E-state index is 0.500. The van der Waals surface area contributed by atoms with Crippen LogP contribution in [0.15, 0.2) is 30.3 Å². The number of pyridine rings is 1. The molecule has 1 aromatic heterocycles. The van der Waals surface area contributed by atoms with Gasteiger partial charge in [0.25, 0.3) is 0 Å². The number of ether oxygens (including phenoxy) is 1. The number of rotatable bonds is 2. The van der Waals surface area contributed by atoms with E-state index in [1.54, 1.807) is 0 Å². The third kappa shape index (κ3) is 1.73. The van der Waals surface area contributed by atoms with Gasteiger partial charge < -0.3 is 4.74 Å². The molecule has 0 aliphatic rings. The van der Waals surface area contributed by atoms with Crippen molar-refractivity contribution in [2.24, 2.45) is 0 Å². The van der Waals surface area contributed by atoms with Crippen LogP contribution in [-0.2, 0) is 0 Å². The zero-order valence-electron chi connectivity index (χ0n) is 7.83. The van der Waals surface area contributed by atoms with E-state index in [1.807, 2.05) is 37.3 Å². The lowest BCUT2D eigenvalue weighted by Gasteiger charge is -2.07.